The van der Waals surface area contributed by atoms with Crippen molar-refractivity contribution in [2.24, 2.45) is 5.73 Å². The zero-order valence-corrected chi connectivity index (χ0v) is 15.2. The maximum Gasteiger partial charge on any atom is 0.130 e. The molecule has 1 aromatic heterocycles. The van der Waals surface area contributed by atoms with Crippen molar-refractivity contribution in [1.29, 1.82) is 0 Å². The molecule has 1 unspecified atom stereocenters. The van der Waals surface area contributed by atoms with Gasteiger partial charge in [0.1, 0.15) is 6.23 Å². The number of benzene rings is 2. The predicted molar refractivity (Wildman–Crippen MR) is 104 cm³/mol. The van der Waals surface area contributed by atoms with Gasteiger partial charge in [0.05, 0.1) is 11.2 Å². The Kier molecular flexibility index (Phi) is 4.53. The first-order valence-electron chi connectivity index (χ1n) is 9.36. The van der Waals surface area contributed by atoms with E-state index in [-0.39, 0.29) is 5.41 Å². The SMILES string of the molecule is CC[C@]1(c2ccc(-n3cc4cccc(C(N)O)c4n3)cc2)CCCNC1. The first-order valence-corrected chi connectivity index (χ1v) is 9.36. The number of aromatic nitrogens is 2. The second kappa shape index (κ2) is 6.83. The van der Waals surface area contributed by atoms with Crippen LogP contribution in [0.1, 0.15) is 43.5 Å². The lowest BCUT2D eigenvalue weighted by atomic mass is 9.73. The maximum atomic E-state index is 9.76. The summed E-state index contributed by atoms with van der Waals surface area (Å²) in [6, 6.07) is 14.4. The summed E-state index contributed by atoms with van der Waals surface area (Å²) in [4.78, 5) is 0. The fraction of sp³-hybridized carbons (Fsp3) is 0.381. The van der Waals surface area contributed by atoms with Gasteiger partial charge in [-0.2, -0.15) is 5.10 Å². The van der Waals surface area contributed by atoms with Gasteiger partial charge in [0.15, 0.2) is 0 Å². The van der Waals surface area contributed by atoms with Gasteiger partial charge in [0.2, 0.25) is 0 Å². The smallest absolute Gasteiger partial charge is 0.130 e. The van der Waals surface area contributed by atoms with E-state index in [0.29, 0.717) is 5.56 Å². The van der Waals surface area contributed by atoms with Crippen LogP contribution in [-0.4, -0.2) is 28.0 Å². The minimum atomic E-state index is -1.02. The Balaban J connectivity index is 1.69. The molecule has 2 heterocycles. The van der Waals surface area contributed by atoms with Gasteiger partial charge in [0.25, 0.3) is 0 Å². The molecule has 5 heteroatoms. The molecule has 0 saturated carbocycles. The van der Waals surface area contributed by atoms with Crippen LogP contribution in [0.3, 0.4) is 0 Å². The molecule has 0 spiro atoms. The average Bonchev–Trinajstić information content (AvgIpc) is 3.12. The molecule has 4 N–H and O–H groups in total. The quantitative estimate of drug-likeness (QED) is 0.632. The molecule has 0 bridgehead atoms. The van der Waals surface area contributed by atoms with E-state index in [1.165, 1.54) is 18.4 Å². The number of nitrogens with one attached hydrogen (secondary N) is 1. The van der Waals surface area contributed by atoms with Crippen LogP contribution >= 0.6 is 0 Å². The van der Waals surface area contributed by atoms with E-state index in [1.807, 2.05) is 29.1 Å². The van der Waals surface area contributed by atoms with Gasteiger partial charge in [-0.15, -0.1) is 0 Å². The molecule has 0 amide bonds. The lowest BCUT2D eigenvalue weighted by Crippen LogP contribution is -2.42. The third-order valence-electron chi connectivity index (χ3n) is 5.78. The summed E-state index contributed by atoms with van der Waals surface area (Å²) in [5.41, 5.74) is 9.70. The van der Waals surface area contributed by atoms with Crippen LogP contribution in [0, 0.1) is 0 Å². The highest BCUT2D eigenvalue weighted by Crippen LogP contribution is 2.35. The number of aliphatic hydroxyl groups excluding tert-OH is 1. The second-order valence-corrected chi connectivity index (χ2v) is 7.26. The van der Waals surface area contributed by atoms with Crippen molar-refractivity contribution in [3.63, 3.8) is 0 Å². The summed E-state index contributed by atoms with van der Waals surface area (Å²) in [5.74, 6) is 0. The molecule has 5 nitrogen and oxygen atoms in total. The molecule has 136 valence electrons. The van der Waals surface area contributed by atoms with Gasteiger partial charge in [0, 0.05) is 29.1 Å². The monoisotopic (exact) mass is 350 g/mol. The number of nitrogens with zero attached hydrogens (tertiary/aromatic N) is 2. The fourth-order valence-electron chi connectivity index (χ4n) is 4.13. The van der Waals surface area contributed by atoms with E-state index in [4.69, 9.17) is 5.73 Å². The Bertz CT molecular complexity index is 892. The first-order chi connectivity index (χ1) is 12.6. The summed E-state index contributed by atoms with van der Waals surface area (Å²) in [7, 11) is 0. The number of fused-ring (bicyclic) bond motifs is 1. The molecule has 4 rings (SSSR count). The van der Waals surface area contributed by atoms with Crippen molar-refractivity contribution in [1.82, 2.24) is 15.1 Å². The summed E-state index contributed by atoms with van der Waals surface area (Å²) >= 11 is 0. The van der Waals surface area contributed by atoms with E-state index >= 15 is 0 Å². The summed E-state index contributed by atoms with van der Waals surface area (Å²) in [6.45, 7) is 4.45. The van der Waals surface area contributed by atoms with Crippen LogP contribution in [0.5, 0.6) is 0 Å². The van der Waals surface area contributed by atoms with E-state index in [0.717, 1.165) is 36.1 Å². The topological polar surface area (TPSA) is 76.1 Å². The molecule has 1 saturated heterocycles. The van der Waals surface area contributed by atoms with Crippen LogP contribution in [0.4, 0.5) is 0 Å². The molecule has 1 fully saturated rings. The van der Waals surface area contributed by atoms with Crippen LogP contribution in [0.2, 0.25) is 0 Å². The summed E-state index contributed by atoms with van der Waals surface area (Å²) in [5, 5.41) is 18.9. The summed E-state index contributed by atoms with van der Waals surface area (Å²) < 4.78 is 1.86. The highest BCUT2D eigenvalue weighted by Gasteiger charge is 2.31. The minimum absolute atomic E-state index is 0.239. The molecule has 2 aromatic carbocycles. The molecule has 3 aromatic rings. The first kappa shape index (κ1) is 17.2. The van der Waals surface area contributed by atoms with Gasteiger partial charge in [-0.3, -0.25) is 0 Å². The Labute approximate surface area is 153 Å². The molecule has 0 radical (unpaired) electrons. The van der Waals surface area contributed by atoms with E-state index in [1.54, 1.807) is 0 Å². The van der Waals surface area contributed by atoms with E-state index < -0.39 is 6.23 Å². The molecular formula is C21H26N4O. The number of nitrogens with two attached hydrogens (primary N) is 1. The van der Waals surface area contributed by atoms with Crippen molar-refractivity contribution in [2.45, 2.75) is 37.8 Å². The standard InChI is InChI=1S/C21H26N4O/c1-2-21(11-4-12-23-14-21)16-7-9-17(10-8-16)25-13-15-5-3-6-18(20(22)26)19(15)24-25/h3,5-10,13,20,23,26H,2,4,11-12,14,22H2,1H3/t20?,21-/m0/s1. The molecule has 1 aliphatic heterocycles. The van der Waals surface area contributed by atoms with Crippen molar-refractivity contribution in [3.8, 4) is 5.69 Å². The highest BCUT2D eigenvalue weighted by molar-refractivity contribution is 5.82. The van der Waals surface area contributed by atoms with Crippen molar-refractivity contribution >= 4 is 10.9 Å². The molecule has 26 heavy (non-hydrogen) atoms. The Morgan fingerprint density at radius 2 is 2.08 bits per heavy atom. The Morgan fingerprint density at radius 3 is 2.73 bits per heavy atom. The average molecular weight is 350 g/mol. The van der Waals surface area contributed by atoms with Gasteiger partial charge in [-0.05, 0) is 43.5 Å². The minimum Gasteiger partial charge on any atom is -0.374 e. The van der Waals surface area contributed by atoms with Gasteiger partial charge in [-0.1, -0.05) is 37.3 Å². The lowest BCUT2D eigenvalue weighted by Gasteiger charge is -2.37. The van der Waals surface area contributed by atoms with Crippen molar-refractivity contribution < 1.29 is 5.11 Å². The summed E-state index contributed by atoms with van der Waals surface area (Å²) in [6.07, 6.45) is 4.56. The largest absolute Gasteiger partial charge is 0.374 e. The number of rotatable bonds is 4. The van der Waals surface area contributed by atoms with Crippen LogP contribution < -0.4 is 11.1 Å². The van der Waals surface area contributed by atoms with E-state index in [9.17, 15) is 5.11 Å². The number of hydrogen-bond donors (Lipinski definition) is 3. The van der Waals surface area contributed by atoms with Crippen molar-refractivity contribution in [2.75, 3.05) is 13.1 Å². The number of aliphatic hydroxyl groups is 1. The predicted octanol–water partition coefficient (Wildman–Crippen LogP) is 3.01. The van der Waals surface area contributed by atoms with Gasteiger partial charge < -0.3 is 16.2 Å². The molecule has 0 aliphatic carbocycles. The third kappa shape index (κ3) is 2.92. The zero-order chi connectivity index (χ0) is 18.1. The Hall–Kier alpha value is -2.21. The second-order valence-electron chi connectivity index (χ2n) is 7.26. The number of hydrogen-bond acceptors (Lipinski definition) is 4. The highest BCUT2D eigenvalue weighted by atomic mass is 16.3. The van der Waals surface area contributed by atoms with Gasteiger partial charge >= 0.3 is 0 Å². The van der Waals surface area contributed by atoms with Crippen LogP contribution in [-0.2, 0) is 5.41 Å². The fourth-order valence-corrected chi connectivity index (χ4v) is 4.13. The third-order valence-corrected chi connectivity index (χ3v) is 5.78. The Morgan fingerprint density at radius 1 is 1.27 bits per heavy atom. The normalized spacial score (nSPS) is 21.8. The van der Waals surface area contributed by atoms with E-state index in [2.05, 4.69) is 41.6 Å². The van der Waals surface area contributed by atoms with Crippen molar-refractivity contribution in [3.05, 3.63) is 59.8 Å². The number of piperidine rings is 1. The van der Waals surface area contributed by atoms with Crippen LogP contribution in [0.25, 0.3) is 16.6 Å². The molecular weight excluding hydrogens is 324 g/mol. The van der Waals surface area contributed by atoms with Gasteiger partial charge in [-0.25, -0.2) is 4.68 Å². The zero-order valence-electron chi connectivity index (χ0n) is 15.2. The maximum absolute atomic E-state index is 9.76. The molecule has 2 atom stereocenters. The van der Waals surface area contributed by atoms with Crippen LogP contribution in [0.15, 0.2) is 48.7 Å². The molecule has 1 aliphatic rings. The lowest BCUT2D eigenvalue weighted by molar-refractivity contribution is 0.187.